The summed E-state index contributed by atoms with van der Waals surface area (Å²) in [6.07, 6.45) is 10.4. The van der Waals surface area contributed by atoms with E-state index in [4.69, 9.17) is 4.74 Å². The highest BCUT2D eigenvalue weighted by Gasteiger charge is 2.46. The van der Waals surface area contributed by atoms with Crippen LogP contribution in [0.4, 0.5) is 0 Å². The van der Waals surface area contributed by atoms with Gasteiger partial charge in [-0.25, -0.2) is 0 Å². The molecule has 1 saturated carbocycles. The van der Waals surface area contributed by atoms with E-state index in [0.717, 1.165) is 18.2 Å². The van der Waals surface area contributed by atoms with Crippen molar-refractivity contribution in [3.8, 4) is 5.75 Å². The minimum atomic E-state index is 0.139. The minimum Gasteiger partial charge on any atom is -0.487 e. The molecule has 1 spiro atoms. The molecule has 2 saturated heterocycles. The molecule has 3 fully saturated rings. The Kier molecular flexibility index (Phi) is 3.41. The summed E-state index contributed by atoms with van der Waals surface area (Å²) >= 11 is 0. The van der Waals surface area contributed by atoms with Gasteiger partial charge in [0.1, 0.15) is 11.4 Å². The topological polar surface area (TPSA) is 24.5 Å². The summed E-state index contributed by atoms with van der Waals surface area (Å²) < 4.78 is 6.40. The second-order valence-electron chi connectivity index (χ2n) is 8.15. The Balaban J connectivity index is 1.35. The number of fused-ring (bicyclic) bond motifs is 2. The maximum Gasteiger partial charge on any atom is 0.124 e. The molecule has 3 aliphatic heterocycles. The van der Waals surface area contributed by atoms with E-state index in [0.29, 0.717) is 12.1 Å². The SMILES string of the molecule is c1ccc2c(c1)OC1(CCC1)C[C@@H]2N[C@@H]1CCN2CCC[C@@H]2C1. The fourth-order valence-corrected chi connectivity index (χ4v) is 5.30. The van der Waals surface area contributed by atoms with Crippen molar-refractivity contribution in [1.29, 1.82) is 0 Å². The second-order valence-corrected chi connectivity index (χ2v) is 8.15. The number of rotatable bonds is 2. The van der Waals surface area contributed by atoms with Gasteiger partial charge in [-0.3, -0.25) is 0 Å². The highest BCUT2D eigenvalue weighted by atomic mass is 16.5. The van der Waals surface area contributed by atoms with Crippen LogP contribution in [-0.2, 0) is 0 Å². The van der Waals surface area contributed by atoms with E-state index in [9.17, 15) is 0 Å². The van der Waals surface area contributed by atoms with E-state index in [1.165, 1.54) is 63.6 Å². The molecule has 3 nitrogen and oxygen atoms in total. The van der Waals surface area contributed by atoms with Crippen molar-refractivity contribution in [2.24, 2.45) is 0 Å². The molecule has 5 rings (SSSR count). The van der Waals surface area contributed by atoms with Crippen molar-refractivity contribution in [3.05, 3.63) is 29.8 Å². The van der Waals surface area contributed by atoms with Crippen LogP contribution < -0.4 is 10.1 Å². The number of nitrogens with one attached hydrogen (secondary N) is 1. The maximum absolute atomic E-state index is 6.40. The molecule has 1 aromatic rings. The molecule has 1 aromatic carbocycles. The Morgan fingerprint density at radius 1 is 1.09 bits per heavy atom. The fourth-order valence-electron chi connectivity index (χ4n) is 5.30. The number of nitrogens with zero attached hydrogens (tertiary/aromatic N) is 1. The summed E-state index contributed by atoms with van der Waals surface area (Å²) in [7, 11) is 0. The van der Waals surface area contributed by atoms with Gasteiger partial charge in [0.05, 0.1) is 0 Å². The lowest BCUT2D eigenvalue weighted by molar-refractivity contribution is -0.0390. The van der Waals surface area contributed by atoms with Crippen molar-refractivity contribution in [2.45, 2.75) is 75.1 Å². The van der Waals surface area contributed by atoms with Gasteiger partial charge in [0, 0.05) is 30.1 Å². The Hall–Kier alpha value is -1.06. The molecule has 4 aliphatic rings. The van der Waals surface area contributed by atoms with E-state index >= 15 is 0 Å². The molecule has 0 unspecified atom stereocenters. The molecule has 1 N–H and O–H groups in total. The summed E-state index contributed by atoms with van der Waals surface area (Å²) in [6.45, 7) is 2.62. The van der Waals surface area contributed by atoms with Crippen LogP contribution in [0.15, 0.2) is 24.3 Å². The first-order valence-electron chi connectivity index (χ1n) is 9.59. The molecule has 0 bridgehead atoms. The third-order valence-corrected chi connectivity index (χ3v) is 6.72. The molecule has 0 aromatic heterocycles. The summed E-state index contributed by atoms with van der Waals surface area (Å²) in [4.78, 5) is 2.71. The first-order valence-corrected chi connectivity index (χ1v) is 9.59. The number of para-hydroxylation sites is 1. The van der Waals surface area contributed by atoms with Crippen LogP contribution in [0.1, 0.15) is 63.0 Å². The van der Waals surface area contributed by atoms with Crippen LogP contribution in [0.25, 0.3) is 0 Å². The van der Waals surface area contributed by atoms with Gasteiger partial charge in [-0.05, 0) is 64.1 Å². The molecular formula is C20H28N2O. The number of ether oxygens (including phenoxy) is 1. The monoisotopic (exact) mass is 312 g/mol. The Bertz CT molecular complexity index is 583. The third kappa shape index (κ3) is 2.49. The quantitative estimate of drug-likeness (QED) is 0.902. The van der Waals surface area contributed by atoms with Crippen LogP contribution in [0, 0.1) is 0 Å². The lowest BCUT2D eigenvalue weighted by Crippen LogP contribution is -2.52. The fraction of sp³-hybridized carbons (Fsp3) is 0.700. The Morgan fingerprint density at radius 2 is 2.00 bits per heavy atom. The molecule has 124 valence electrons. The van der Waals surface area contributed by atoms with Crippen molar-refractivity contribution < 1.29 is 4.74 Å². The lowest BCUT2D eigenvalue weighted by atomic mass is 9.72. The Labute approximate surface area is 139 Å². The molecule has 3 heterocycles. The van der Waals surface area contributed by atoms with E-state index in [-0.39, 0.29) is 5.60 Å². The van der Waals surface area contributed by atoms with Gasteiger partial charge >= 0.3 is 0 Å². The van der Waals surface area contributed by atoms with Crippen molar-refractivity contribution in [3.63, 3.8) is 0 Å². The lowest BCUT2D eigenvalue weighted by Gasteiger charge is -2.49. The summed E-state index contributed by atoms with van der Waals surface area (Å²) in [5.41, 5.74) is 1.53. The van der Waals surface area contributed by atoms with Gasteiger partial charge in [0.15, 0.2) is 0 Å². The molecule has 0 radical (unpaired) electrons. The number of hydrogen-bond acceptors (Lipinski definition) is 3. The van der Waals surface area contributed by atoms with Crippen LogP contribution in [0.5, 0.6) is 5.75 Å². The molecule has 3 atom stereocenters. The zero-order valence-electron chi connectivity index (χ0n) is 14.0. The van der Waals surface area contributed by atoms with E-state index in [1.54, 1.807) is 0 Å². The van der Waals surface area contributed by atoms with Crippen LogP contribution >= 0.6 is 0 Å². The molecule has 23 heavy (non-hydrogen) atoms. The van der Waals surface area contributed by atoms with Gasteiger partial charge < -0.3 is 15.0 Å². The van der Waals surface area contributed by atoms with Crippen LogP contribution in [-0.4, -0.2) is 35.7 Å². The van der Waals surface area contributed by atoms with E-state index in [1.807, 2.05) is 0 Å². The van der Waals surface area contributed by atoms with Gasteiger partial charge in [-0.2, -0.15) is 0 Å². The second kappa shape index (κ2) is 5.49. The summed E-state index contributed by atoms with van der Waals surface area (Å²) in [5, 5.41) is 4.04. The predicted molar refractivity (Wildman–Crippen MR) is 91.8 cm³/mol. The normalized spacial score (nSPS) is 35.2. The molecule has 3 heteroatoms. The highest BCUT2D eigenvalue weighted by molar-refractivity contribution is 5.39. The van der Waals surface area contributed by atoms with E-state index in [2.05, 4.69) is 34.5 Å². The van der Waals surface area contributed by atoms with Gasteiger partial charge in [0.25, 0.3) is 0 Å². The van der Waals surface area contributed by atoms with Crippen LogP contribution in [0.3, 0.4) is 0 Å². The molecule has 1 aliphatic carbocycles. The summed E-state index contributed by atoms with van der Waals surface area (Å²) in [5.74, 6) is 1.13. The number of piperidine rings is 1. The third-order valence-electron chi connectivity index (χ3n) is 6.72. The van der Waals surface area contributed by atoms with E-state index < -0.39 is 0 Å². The van der Waals surface area contributed by atoms with Crippen molar-refractivity contribution >= 4 is 0 Å². The molecule has 0 amide bonds. The van der Waals surface area contributed by atoms with Gasteiger partial charge in [0.2, 0.25) is 0 Å². The average Bonchev–Trinajstić information content (AvgIpc) is 3.01. The van der Waals surface area contributed by atoms with Crippen molar-refractivity contribution in [2.75, 3.05) is 13.1 Å². The van der Waals surface area contributed by atoms with Crippen LogP contribution in [0.2, 0.25) is 0 Å². The predicted octanol–water partition coefficient (Wildman–Crippen LogP) is 3.65. The van der Waals surface area contributed by atoms with Gasteiger partial charge in [-0.15, -0.1) is 0 Å². The smallest absolute Gasteiger partial charge is 0.124 e. The largest absolute Gasteiger partial charge is 0.487 e. The van der Waals surface area contributed by atoms with Gasteiger partial charge in [-0.1, -0.05) is 18.2 Å². The first-order chi connectivity index (χ1) is 11.3. The maximum atomic E-state index is 6.40. The first kappa shape index (κ1) is 14.3. The zero-order chi connectivity index (χ0) is 15.3. The number of benzene rings is 1. The minimum absolute atomic E-state index is 0.139. The van der Waals surface area contributed by atoms with Crippen molar-refractivity contribution in [1.82, 2.24) is 10.2 Å². The summed E-state index contributed by atoms with van der Waals surface area (Å²) in [6, 6.07) is 10.7. The highest BCUT2D eigenvalue weighted by Crippen LogP contribution is 2.49. The standard InChI is InChI=1S/C20H28N2O/c1-2-7-19-17(6-1)18(14-20(23-19)9-4-10-20)21-15-8-12-22-11-3-5-16(22)13-15/h1-2,6-7,15-16,18,21H,3-5,8-14H2/t15-,16-,18+/m1/s1. The average molecular weight is 312 g/mol. The molecular weight excluding hydrogens is 284 g/mol. The Morgan fingerprint density at radius 3 is 2.87 bits per heavy atom. The zero-order valence-corrected chi connectivity index (χ0v) is 14.0. The number of hydrogen-bond donors (Lipinski definition) is 1.